The molecule has 0 radical (unpaired) electrons. The van der Waals surface area contributed by atoms with Crippen molar-refractivity contribution in [2.45, 2.75) is 76.7 Å². The number of amides is 2. The van der Waals surface area contributed by atoms with E-state index in [4.69, 9.17) is 13.9 Å². The number of ether oxygens (including phenoxy) is 2. The van der Waals surface area contributed by atoms with Crippen LogP contribution in [0.5, 0.6) is 11.5 Å². The van der Waals surface area contributed by atoms with Crippen molar-refractivity contribution in [3.63, 3.8) is 0 Å². The largest absolute Gasteiger partial charge is 0.493 e. The third-order valence-corrected chi connectivity index (χ3v) is 7.81. The van der Waals surface area contributed by atoms with E-state index in [1.54, 1.807) is 29.4 Å². The molecule has 2 aromatic rings. The number of rotatable bonds is 16. The number of hydrogen-bond acceptors (Lipinski definition) is 8. The Morgan fingerprint density at radius 2 is 2.02 bits per heavy atom. The highest BCUT2D eigenvalue weighted by atomic mass is 127. The third-order valence-electron chi connectivity index (χ3n) is 7.00. The average Bonchev–Trinajstić information content (AvgIpc) is 3.49. The standard InChI is InChI=1S/C30H39IN2O8/c1-3-4-5-6-7-8-27(36)33(17-20-9-12-40-19-20)24-15-22(30(38)32-10-11-34)16-25(28(24)37)41-29-23(31)13-21(18-35)14-26(29)39-2/h9,12-14,16,18-19,24-25,28,34,37H,3-8,10-11,15,17H2,1-2H3,(H,32,38). The molecule has 1 aromatic carbocycles. The van der Waals surface area contributed by atoms with Gasteiger partial charge in [-0.1, -0.05) is 32.6 Å². The molecule has 0 saturated carbocycles. The molecule has 10 nitrogen and oxygen atoms in total. The molecule has 0 spiro atoms. The molecule has 3 atom stereocenters. The zero-order chi connectivity index (χ0) is 29.8. The van der Waals surface area contributed by atoms with E-state index < -0.39 is 24.2 Å². The number of carbonyl (C=O) groups excluding carboxylic acids is 3. The molecule has 3 rings (SSSR count). The molecule has 1 aliphatic carbocycles. The number of carbonyl (C=O) groups is 3. The molecule has 2 amide bonds. The van der Waals surface area contributed by atoms with Gasteiger partial charge in [0, 0.05) is 42.6 Å². The second-order valence-electron chi connectivity index (χ2n) is 9.99. The minimum Gasteiger partial charge on any atom is -0.493 e. The van der Waals surface area contributed by atoms with Crippen LogP contribution in [-0.4, -0.2) is 71.7 Å². The van der Waals surface area contributed by atoms with Crippen molar-refractivity contribution in [3.05, 3.63) is 57.1 Å². The lowest BCUT2D eigenvalue weighted by atomic mass is 9.87. The van der Waals surface area contributed by atoms with Gasteiger partial charge in [0.2, 0.25) is 11.8 Å². The summed E-state index contributed by atoms with van der Waals surface area (Å²) < 4.78 is 17.5. The number of aldehydes is 1. The number of benzene rings is 1. The van der Waals surface area contributed by atoms with Gasteiger partial charge >= 0.3 is 0 Å². The monoisotopic (exact) mass is 682 g/mol. The van der Waals surface area contributed by atoms with Crippen LogP contribution >= 0.6 is 22.6 Å². The van der Waals surface area contributed by atoms with Crippen LogP contribution in [-0.2, 0) is 16.1 Å². The summed E-state index contributed by atoms with van der Waals surface area (Å²) in [6, 6.07) is 4.14. The first-order valence-corrected chi connectivity index (χ1v) is 15.0. The van der Waals surface area contributed by atoms with E-state index in [1.165, 1.54) is 19.4 Å². The number of nitrogens with zero attached hydrogens (tertiary/aromatic N) is 1. The molecule has 0 aliphatic heterocycles. The van der Waals surface area contributed by atoms with Crippen LogP contribution in [0.4, 0.5) is 0 Å². The Morgan fingerprint density at radius 1 is 1.24 bits per heavy atom. The van der Waals surface area contributed by atoms with Crippen molar-refractivity contribution in [3.8, 4) is 11.5 Å². The maximum atomic E-state index is 13.6. The number of aliphatic hydroxyl groups excluding tert-OH is 2. The van der Waals surface area contributed by atoms with E-state index in [9.17, 15) is 24.6 Å². The summed E-state index contributed by atoms with van der Waals surface area (Å²) in [5, 5.41) is 23.5. The number of unbranched alkanes of at least 4 members (excludes halogenated alkanes) is 4. The Morgan fingerprint density at radius 3 is 2.68 bits per heavy atom. The van der Waals surface area contributed by atoms with E-state index in [-0.39, 0.29) is 32.0 Å². The van der Waals surface area contributed by atoms with Gasteiger partial charge in [-0.25, -0.2) is 0 Å². The summed E-state index contributed by atoms with van der Waals surface area (Å²) in [6.45, 7) is 2.16. The number of halogens is 1. The molecule has 3 N–H and O–H groups in total. The Kier molecular flexibility index (Phi) is 13.1. The van der Waals surface area contributed by atoms with Crippen LogP contribution in [0.3, 0.4) is 0 Å². The summed E-state index contributed by atoms with van der Waals surface area (Å²) >= 11 is 2.02. The highest BCUT2D eigenvalue weighted by molar-refractivity contribution is 14.1. The molecule has 11 heteroatoms. The van der Waals surface area contributed by atoms with Gasteiger partial charge < -0.3 is 34.3 Å². The van der Waals surface area contributed by atoms with Crippen molar-refractivity contribution in [1.82, 2.24) is 10.2 Å². The van der Waals surface area contributed by atoms with Gasteiger partial charge in [0.15, 0.2) is 11.5 Å². The summed E-state index contributed by atoms with van der Waals surface area (Å²) in [4.78, 5) is 39.6. The highest BCUT2D eigenvalue weighted by Crippen LogP contribution is 2.37. The Balaban J connectivity index is 1.95. The quantitative estimate of drug-likeness (QED) is 0.137. The van der Waals surface area contributed by atoms with Gasteiger partial charge in [-0.05, 0) is 53.3 Å². The zero-order valence-electron chi connectivity index (χ0n) is 23.5. The van der Waals surface area contributed by atoms with E-state index in [0.29, 0.717) is 38.9 Å². The van der Waals surface area contributed by atoms with Gasteiger partial charge in [-0.2, -0.15) is 0 Å². The topological polar surface area (TPSA) is 139 Å². The van der Waals surface area contributed by atoms with Crippen LogP contribution in [0, 0.1) is 3.57 Å². The normalized spacial score (nSPS) is 18.4. The van der Waals surface area contributed by atoms with Crippen molar-refractivity contribution in [2.75, 3.05) is 20.3 Å². The molecule has 1 heterocycles. The Labute approximate surface area is 254 Å². The number of furan rings is 1. The minimum absolute atomic E-state index is 0.0588. The second kappa shape index (κ2) is 16.5. The summed E-state index contributed by atoms with van der Waals surface area (Å²) in [5.41, 5.74) is 1.48. The van der Waals surface area contributed by atoms with Crippen molar-refractivity contribution in [1.29, 1.82) is 0 Å². The first-order valence-electron chi connectivity index (χ1n) is 13.9. The van der Waals surface area contributed by atoms with Crippen LogP contribution in [0.15, 0.2) is 46.8 Å². The fourth-order valence-electron chi connectivity index (χ4n) is 4.83. The number of aliphatic hydroxyl groups is 2. The highest BCUT2D eigenvalue weighted by Gasteiger charge is 2.41. The molecular weight excluding hydrogens is 643 g/mol. The molecule has 0 fully saturated rings. The molecule has 0 bridgehead atoms. The van der Waals surface area contributed by atoms with E-state index >= 15 is 0 Å². The Hall–Kier alpha value is -2.90. The number of methoxy groups -OCH3 is 1. The van der Waals surface area contributed by atoms with Crippen LogP contribution < -0.4 is 14.8 Å². The lowest BCUT2D eigenvalue weighted by Gasteiger charge is -2.40. The lowest BCUT2D eigenvalue weighted by molar-refractivity contribution is -0.139. The maximum Gasteiger partial charge on any atom is 0.247 e. The summed E-state index contributed by atoms with van der Waals surface area (Å²) in [6.07, 6.45) is 8.44. The van der Waals surface area contributed by atoms with Gasteiger partial charge in [0.25, 0.3) is 0 Å². The number of hydrogen-bond donors (Lipinski definition) is 3. The fourth-order valence-corrected chi connectivity index (χ4v) is 5.58. The minimum atomic E-state index is -1.19. The van der Waals surface area contributed by atoms with Gasteiger partial charge in [-0.15, -0.1) is 0 Å². The molecule has 224 valence electrons. The SMILES string of the molecule is CCCCCCCC(=O)N(Cc1ccoc1)C1CC(C(=O)NCCO)=CC(Oc2c(I)cc(C=O)cc2OC)C1O. The van der Waals surface area contributed by atoms with Crippen molar-refractivity contribution >= 4 is 40.7 Å². The predicted octanol–water partition coefficient (Wildman–Crippen LogP) is 4.01. The van der Waals surface area contributed by atoms with E-state index in [2.05, 4.69) is 12.2 Å². The Bertz CT molecular complexity index is 1180. The molecule has 0 saturated heterocycles. The molecule has 1 aliphatic rings. The van der Waals surface area contributed by atoms with Crippen LogP contribution in [0.2, 0.25) is 0 Å². The van der Waals surface area contributed by atoms with Crippen LogP contribution in [0.25, 0.3) is 0 Å². The zero-order valence-corrected chi connectivity index (χ0v) is 25.7. The fraction of sp³-hybridized carbons (Fsp3) is 0.500. The average molecular weight is 683 g/mol. The molecular formula is C30H39IN2O8. The van der Waals surface area contributed by atoms with Gasteiger partial charge in [0.05, 0.1) is 35.9 Å². The summed E-state index contributed by atoms with van der Waals surface area (Å²) in [5.74, 6) is 0.0487. The van der Waals surface area contributed by atoms with Crippen LogP contribution in [0.1, 0.15) is 67.8 Å². The summed E-state index contributed by atoms with van der Waals surface area (Å²) in [7, 11) is 1.45. The van der Waals surface area contributed by atoms with E-state index in [1.807, 2.05) is 22.6 Å². The maximum absolute atomic E-state index is 13.6. The number of nitrogens with one attached hydrogen (secondary N) is 1. The molecule has 1 aromatic heterocycles. The first-order chi connectivity index (χ1) is 19.8. The van der Waals surface area contributed by atoms with Crippen molar-refractivity contribution < 1.29 is 38.5 Å². The lowest BCUT2D eigenvalue weighted by Crippen LogP contribution is -2.54. The third kappa shape index (κ3) is 9.04. The smallest absolute Gasteiger partial charge is 0.247 e. The first kappa shape index (κ1) is 32.6. The van der Waals surface area contributed by atoms with Gasteiger partial charge in [0.1, 0.15) is 18.5 Å². The second-order valence-corrected chi connectivity index (χ2v) is 11.1. The predicted molar refractivity (Wildman–Crippen MR) is 161 cm³/mol. The van der Waals surface area contributed by atoms with Gasteiger partial charge in [-0.3, -0.25) is 14.4 Å². The van der Waals surface area contributed by atoms with Crippen molar-refractivity contribution in [2.24, 2.45) is 0 Å². The molecule has 41 heavy (non-hydrogen) atoms. The van der Waals surface area contributed by atoms with E-state index in [0.717, 1.165) is 37.7 Å². The molecule has 3 unspecified atom stereocenters.